The summed E-state index contributed by atoms with van der Waals surface area (Å²) in [4.78, 5) is 19.8. The number of nitrogens with zero attached hydrogens (tertiary/aromatic N) is 3. The molecule has 0 radical (unpaired) electrons. The van der Waals surface area contributed by atoms with Crippen LogP contribution in [0.3, 0.4) is 0 Å². The van der Waals surface area contributed by atoms with Gasteiger partial charge in [0, 0.05) is 17.7 Å². The standard InChI is InChI=1S/C15H17F2N3O4S/c1-15(22)7-3-4-9(15)20-10(21)6-5-8-11(12(16)17)18-14(19-13(8)20)25(2,23)24/h5-6,9,12,22H,3-4,7H2,1-2H3/t9-,15-/m1/s1. The van der Waals surface area contributed by atoms with Crippen molar-refractivity contribution < 1.29 is 22.3 Å². The molecule has 0 saturated heterocycles. The molecule has 136 valence electrons. The van der Waals surface area contributed by atoms with E-state index in [9.17, 15) is 27.1 Å². The van der Waals surface area contributed by atoms with Gasteiger partial charge in [-0.3, -0.25) is 9.36 Å². The first-order valence-electron chi connectivity index (χ1n) is 7.66. The van der Waals surface area contributed by atoms with Gasteiger partial charge in [0.15, 0.2) is 0 Å². The largest absolute Gasteiger partial charge is 0.388 e. The van der Waals surface area contributed by atoms with Gasteiger partial charge >= 0.3 is 0 Å². The number of pyridine rings is 1. The van der Waals surface area contributed by atoms with Gasteiger partial charge in [-0.15, -0.1) is 0 Å². The summed E-state index contributed by atoms with van der Waals surface area (Å²) < 4.78 is 51.5. The SMILES string of the molecule is C[C@@]1(O)CCC[C@H]1n1c(=O)ccc2c(C(F)F)nc(S(C)(=O)=O)nc21. The Balaban J connectivity index is 2.43. The molecule has 2 aromatic heterocycles. The summed E-state index contributed by atoms with van der Waals surface area (Å²) in [5, 5.41) is 9.65. The lowest BCUT2D eigenvalue weighted by Gasteiger charge is -2.28. The molecule has 1 saturated carbocycles. The van der Waals surface area contributed by atoms with E-state index in [1.165, 1.54) is 0 Å². The summed E-state index contributed by atoms with van der Waals surface area (Å²) in [5.41, 5.74) is -2.72. The number of alkyl halides is 2. The highest BCUT2D eigenvalue weighted by molar-refractivity contribution is 7.90. The summed E-state index contributed by atoms with van der Waals surface area (Å²) >= 11 is 0. The van der Waals surface area contributed by atoms with Gasteiger partial charge in [0.2, 0.25) is 15.0 Å². The normalized spacial score (nSPS) is 24.3. The molecule has 1 N–H and O–H groups in total. The van der Waals surface area contributed by atoms with Crippen LogP contribution in [0.15, 0.2) is 22.1 Å². The monoisotopic (exact) mass is 373 g/mol. The molecule has 25 heavy (non-hydrogen) atoms. The van der Waals surface area contributed by atoms with Gasteiger partial charge in [-0.1, -0.05) is 0 Å². The highest BCUT2D eigenvalue weighted by Crippen LogP contribution is 2.39. The molecule has 10 heteroatoms. The van der Waals surface area contributed by atoms with Gasteiger partial charge in [-0.2, -0.15) is 4.98 Å². The van der Waals surface area contributed by atoms with Gasteiger partial charge in [0.1, 0.15) is 11.3 Å². The molecule has 3 rings (SSSR count). The van der Waals surface area contributed by atoms with Crippen molar-refractivity contribution in [2.75, 3.05) is 6.26 Å². The second-order valence-electron chi connectivity index (χ2n) is 6.51. The van der Waals surface area contributed by atoms with Crippen LogP contribution in [0, 0.1) is 0 Å². The van der Waals surface area contributed by atoms with Crippen LogP contribution in [0.4, 0.5) is 8.78 Å². The summed E-state index contributed by atoms with van der Waals surface area (Å²) in [6.45, 7) is 1.56. The quantitative estimate of drug-likeness (QED) is 0.820. The molecular formula is C15H17F2N3O4S. The fourth-order valence-electron chi connectivity index (χ4n) is 3.31. The van der Waals surface area contributed by atoms with Crippen LogP contribution >= 0.6 is 0 Å². The third-order valence-corrected chi connectivity index (χ3v) is 5.37. The maximum absolute atomic E-state index is 13.4. The van der Waals surface area contributed by atoms with Gasteiger partial charge in [-0.25, -0.2) is 22.2 Å². The van der Waals surface area contributed by atoms with Crippen LogP contribution in [0.25, 0.3) is 11.0 Å². The van der Waals surface area contributed by atoms with Crippen LogP contribution < -0.4 is 5.56 Å². The first kappa shape index (κ1) is 17.9. The zero-order chi connectivity index (χ0) is 18.6. The van der Waals surface area contributed by atoms with Crippen LogP contribution in [0.5, 0.6) is 0 Å². The highest BCUT2D eigenvalue weighted by atomic mass is 32.2. The molecule has 0 aliphatic heterocycles. The van der Waals surface area contributed by atoms with Crippen LogP contribution in [0.1, 0.15) is 44.3 Å². The minimum absolute atomic E-state index is 0.107. The van der Waals surface area contributed by atoms with Crippen molar-refractivity contribution in [3.8, 4) is 0 Å². The Bertz CT molecular complexity index is 1000. The van der Waals surface area contributed by atoms with Gasteiger partial charge in [0.05, 0.1) is 11.6 Å². The first-order valence-corrected chi connectivity index (χ1v) is 9.55. The third-order valence-electron chi connectivity index (χ3n) is 4.52. The molecule has 0 bridgehead atoms. The number of sulfone groups is 1. The predicted octanol–water partition coefficient (Wildman–Crippen LogP) is 1.61. The van der Waals surface area contributed by atoms with Gasteiger partial charge in [-0.05, 0) is 32.3 Å². The number of aromatic nitrogens is 3. The van der Waals surface area contributed by atoms with Crippen molar-refractivity contribution in [1.29, 1.82) is 0 Å². The molecule has 2 heterocycles. The Hall–Kier alpha value is -1.94. The van der Waals surface area contributed by atoms with Crippen molar-refractivity contribution in [1.82, 2.24) is 14.5 Å². The Morgan fingerprint density at radius 2 is 2.04 bits per heavy atom. The Morgan fingerprint density at radius 1 is 1.36 bits per heavy atom. The molecule has 1 aliphatic carbocycles. The fraction of sp³-hybridized carbons (Fsp3) is 0.533. The molecule has 2 aromatic rings. The average molecular weight is 373 g/mol. The summed E-state index contributed by atoms with van der Waals surface area (Å²) in [6, 6.07) is 1.58. The minimum Gasteiger partial charge on any atom is -0.388 e. The number of halogens is 2. The van der Waals surface area contributed by atoms with Crippen molar-refractivity contribution >= 4 is 20.9 Å². The van der Waals surface area contributed by atoms with Crippen molar-refractivity contribution in [3.63, 3.8) is 0 Å². The van der Waals surface area contributed by atoms with Crippen LogP contribution in [-0.2, 0) is 9.84 Å². The zero-order valence-electron chi connectivity index (χ0n) is 13.6. The lowest BCUT2D eigenvalue weighted by atomic mass is 10.00. The fourth-order valence-corrected chi connectivity index (χ4v) is 3.82. The second-order valence-corrected chi connectivity index (χ2v) is 8.42. The van der Waals surface area contributed by atoms with E-state index in [2.05, 4.69) is 9.97 Å². The average Bonchev–Trinajstić information content (AvgIpc) is 2.84. The smallest absolute Gasteiger partial charge is 0.281 e. The topological polar surface area (TPSA) is 102 Å². The molecule has 2 atom stereocenters. The summed E-state index contributed by atoms with van der Waals surface area (Å²) in [7, 11) is -3.97. The van der Waals surface area contributed by atoms with E-state index in [4.69, 9.17) is 0 Å². The van der Waals surface area contributed by atoms with E-state index in [1.54, 1.807) is 6.92 Å². The van der Waals surface area contributed by atoms with E-state index in [-0.39, 0.29) is 11.0 Å². The number of rotatable bonds is 3. The maximum Gasteiger partial charge on any atom is 0.281 e. The molecule has 0 aromatic carbocycles. The van der Waals surface area contributed by atoms with Crippen molar-refractivity contribution in [2.45, 2.75) is 49.4 Å². The molecule has 0 spiro atoms. The van der Waals surface area contributed by atoms with Crippen molar-refractivity contribution in [2.24, 2.45) is 0 Å². The van der Waals surface area contributed by atoms with E-state index < -0.39 is 44.3 Å². The lowest BCUT2D eigenvalue weighted by Crippen LogP contribution is -2.37. The predicted molar refractivity (Wildman–Crippen MR) is 85.4 cm³/mol. The Morgan fingerprint density at radius 3 is 2.56 bits per heavy atom. The highest BCUT2D eigenvalue weighted by Gasteiger charge is 2.39. The Labute approximate surface area is 142 Å². The summed E-state index contributed by atoms with van der Waals surface area (Å²) in [6.07, 6.45) is -0.700. The summed E-state index contributed by atoms with van der Waals surface area (Å²) in [5.74, 6) is 0. The van der Waals surface area contributed by atoms with E-state index in [0.29, 0.717) is 19.3 Å². The minimum atomic E-state index is -3.97. The number of hydrogen-bond donors (Lipinski definition) is 1. The molecule has 1 aliphatic rings. The number of fused-ring (bicyclic) bond motifs is 1. The molecule has 0 unspecified atom stereocenters. The second kappa shape index (κ2) is 5.80. The molecule has 1 fully saturated rings. The number of hydrogen-bond acceptors (Lipinski definition) is 6. The van der Waals surface area contributed by atoms with E-state index >= 15 is 0 Å². The Kier molecular flexibility index (Phi) is 4.15. The van der Waals surface area contributed by atoms with Gasteiger partial charge in [0.25, 0.3) is 12.0 Å². The molecule has 0 amide bonds. The number of aliphatic hydroxyl groups is 1. The molecule has 7 nitrogen and oxygen atoms in total. The van der Waals surface area contributed by atoms with E-state index in [0.717, 1.165) is 23.0 Å². The van der Waals surface area contributed by atoms with Crippen LogP contribution in [-0.4, -0.2) is 39.9 Å². The maximum atomic E-state index is 13.4. The first-order chi connectivity index (χ1) is 11.5. The molecular weight excluding hydrogens is 356 g/mol. The van der Waals surface area contributed by atoms with Crippen LogP contribution in [0.2, 0.25) is 0 Å². The lowest BCUT2D eigenvalue weighted by molar-refractivity contribution is 0.0266. The third kappa shape index (κ3) is 3.04. The van der Waals surface area contributed by atoms with Crippen molar-refractivity contribution in [3.05, 3.63) is 28.2 Å². The van der Waals surface area contributed by atoms with E-state index in [1.807, 2.05) is 0 Å². The zero-order valence-corrected chi connectivity index (χ0v) is 14.4. The van der Waals surface area contributed by atoms with Gasteiger partial charge < -0.3 is 5.11 Å².